The topological polar surface area (TPSA) is 90.7 Å². The van der Waals surface area contributed by atoms with Crippen molar-refractivity contribution in [3.05, 3.63) is 59.8 Å². The van der Waals surface area contributed by atoms with Gasteiger partial charge >= 0.3 is 6.03 Å². The second kappa shape index (κ2) is 9.14. The van der Waals surface area contributed by atoms with Gasteiger partial charge < -0.3 is 15.0 Å². The van der Waals surface area contributed by atoms with Crippen LogP contribution in [0.4, 0.5) is 16.3 Å². The van der Waals surface area contributed by atoms with E-state index in [0.717, 1.165) is 34.7 Å². The zero-order chi connectivity index (χ0) is 20.8. The van der Waals surface area contributed by atoms with Crippen LogP contribution >= 0.6 is 0 Å². The van der Waals surface area contributed by atoms with E-state index in [0.29, 0.717) is 24.6 Å². The van der Waals surface area contributed by atoms with Crippen LogP contribution in [-0.2, 0) is 13.1 Å². The molecule has 2 heterocycles. The van der Waals surface area contributed by atoms with Gasteiger partial charge in [-0.25, -0.2) is 9.78 Å². The number of hydrogen-bond acceptors (Lipinski definition) is 5. The van der Waals surface area contributed by atoms with Crippen LogP contribution in [0.5, 0.6) is 5.75 Å². The number of nitrogens with zero attached hydrogens (tertiary/aromatic N) is 3. The highest BCUT2D eigenvalue weighted by molar-refractivity contribution is 6.02. The van der Waals surface area contributed by atoms with Gasteiger partial charge in [0.05, 0.1) is 19.3 Å². The third-order valence-corrected chi connectivity index (χ3v) is 4.58. The second-order valence-corrected chi connectivity index (χ2v) is 6.76. The van der Waals surface area contributed by atoms with Crippen molar-refractivity contribution >= 4 is 29.0 Å². The molecule has 0 aliphatic carbocycles. The fourth-order valence-electron chi connectivity index (χ4n) is 2.98. The van der Waals surface area contributed by atoms with Crippen molar-refractivity contribution < 1.29 is 9.53 Å². The van der Waals surface area contributed by atoms with Crippen molar-refractivity contribution in [2.24, 2.45) is 4.99 Å². The van der Waals surface area contributed by atoms with Crippen LogP contribution in [-0.4, -0.2) is 34.4 Å². The van der Waals surface area contributed by atoms with Crippen LogP contribution in [0.15, 0.2) is 53.7 Å². The van der Waals surface area contributed by atoms with E-state index in [1.165, 1.54) is 0 Å². The minimum absolute atomic E-state index is 0.183. The highest BCUT2D eigenvalue weighted by atomic mass is 16.5. The first-order chi connectivity index (χ1) is 14.0. The van der Waals surface area contributed by atoms with Gasteiger partial charge in [0.25, 0.3) is 0 Å². The molecule has 2 N–H and O–H groups in total. The molecule has 0 bridgehead atoms. The molecule has 1 aromatic carbocycles. The summed E-state index contributed by atoms with van der Waals surface area (Å²) in [6, 6.07) is 9.33. The van der Waals surface area contributed by atoms with Gasteiger partial charge in [0.2, 0.25) is 0 Å². The predicted octanol–water partition coefficient (Wildman–Crippen LogP) is 4.72. The Morgan fingerprint density at radius 3 is 2.72 bits per heavy atom. The van der Waals surface area contributed by atoms with Crippen LogP contribution in [0, 0.1) is 5.41 Å². The fourth-order valence-corrected chi connectivity index (χ4v) is 2.98. The first-order valence-corrected chi connectivity index (χ1v) is 9.47. The van der Waals surface area contributed by atoms with Crippen molar-refractivity contribution in [2.75, 3.05) is 12.4 Å². The SMILES string of the molecule is CCC(C=CC(C)=N)=Nc1ccnc2c1CN(Cc1ccc(OC)cc1)C(=O)N2. The summed E-state index contributed by atoms with van der Waals surface area (Å²) in [5.74, 6) is 1.33. The molecule has 150 valence electrons. The number of nitrogens with one attached hydrogen (secondary N) is 2. The van der Waals surface area contributed by atoms with Crippen LogP contribution in [0.2, 0.25) is 0 Å². The Hall–Kier alpha value is -3.48. The monoisotopic (exact) mass is 391 g/mol. The van der Waals surface area contributed by atoms with E-state index in [4.69, 9.17) is 15.1 Å². The number of amides is 2. The molecule has 2 amide bonds. The number of benzene rings is 1. The fraction of sp³-hybridized carbons (Fsp3) is 0.273. The molecule has 0 atom stereocenters. The van der Waals surface area contributed by atoms with Gasteiger partial charge in [0.1, 0.15) is 11.6 Å². The van der Waals surface area contributed by atoms with E-state index in [9.17, 15) is 4.79 Å². The Morgan fingerprint density at radius 2 is 2.07 bits per heavy atom. The van der Waals surface area contributed by atoms with Crippen molar-refractivity contribution in [2.45, 2.75) is 33.4 Å². The summed E-state index contributed by atoms with van der Waals surface area (Å²) < 4.78 is 5.19. The molecule has 0 saturated heterocycles. The van der Waals surface area contributed by atoms with Gasteiger partial charge in [0, 0.05) is 29.7 Å². The summed E-state index contributed by atoms with van der Waals surface area (Å²) >= 11 is 0. The van der Waals surface area contributed by atoms with Crippen LogP contribution < -0.4 is 10.1 Å². The number of aromatic nitrogens is 1. The number of methoxy groups -OCH3 is 1. The molecular formula is C22H25N5O2. The molecule has 0 fully saturated rings. The normalized spacial score (nSPS) is 14.0. The quantitative estimate of drug-likeness (QED) is 0.669. The smallest absolute Gasteiger partial charge is 0.323 e. The number of anilines is 1. The first-order valence-electron chi connectivity index (χ1n) is 9.47. The largest absolute Gasteiger partial charge is 0.497 e. The number of carbonyl (C=O) groups is 1. The molecule has 0 radical (unpaired) electrons. The molecule has 0 saturated carbocycles. The maximum Gasteiger partial charge on any atom is 0.323 e. The Morgan fingerprint density at radius 1 is 1.31 bits per heavy atom. The van der Waals surface area contributed by atoms with Gasteiger partial charge in [-0.2, -0.15) is 0 Å². The van der Waals surface area contributed by atoms with E-state index in [1.54, 1.807) is 31.2 Å². The Bertz CT molecular complexity index is 964. The lowest BCUT2D eigenvalue weighted by molar-refractivity contribution is 0.203. The standard InChI is InChI=1S/C22H25N5O2/c1-4-17(8-5-15(2)23)25-20-11-12-24-21-19(20)14-27(22(28)26-21)13-16-6-9-18(29-3)10-7-16/h5-12,23H,4,13-14H2,1-3H3,(H,24,26,28). The number of ether oxygens (including phenoxy) is 1. The van der Waals surface area contributed by atoms with Crippen LogP contribution in [0.1, 0.15) is 31.4 Å². The first kappa shape index (κ1) is 20.3. The van der Waals surface area contributed by atoms with Crippen molar-refractivity contribution in [3.8, 4) is 5.75 Å². The summed E-state index contributed by atoms with van der Waals surface area (Å²) in [6.07, 6.45) is 5.97. The lowest BCUT2D eigenvalue weighted by Crippen LogP contribution is -2.38. The number of pyridine rings is 1. The lowest BCUT2D eigenvalue weighted by Gasteiger charge is -2.29. The number of aliphatic imine (C=N–C) groups is 1. The highest BCUT2D eigenvalue weighted by Crippen LogP contribution is 2.31. The second-order valence-electron chi connectivity index (χ2n) is 6.76. The number of carbonyl (C=O) groups excluding carboxylic acids is 1. The molecular weight excluding hydrogens is 366 g/mol. The van der Waals surface area contributed by atoms with Crippen molar-refractivity contribution in [1.82, 2.24) is 9.88 Å². The lowest BCUT2D eigenvalue weighted by atomic mass is 10.1. The summed E-state index contributed by atoms with van der Waals surface area (Å²) in [6.45, 7) is 4.64. The highest BCUT2D eigenvalue weighted by Gasteiger charge is 2.25. The molecule has 1 aromatic heterocycles. The third-order valence-electron chi connectivity index (χ3n) is 4.58. The van der Waals surface area contributed by atoms with Crippen LogP contribution in [0.3, 0.4) is 0 Å². The van der Waals surface area contributed by atoms with Gasteiger partial charge in [-0.1, -0.05) is 19.1 Å². The molecule has 2 aromatic rings. The van der Waals surface area contributed by atoms with Gasteiger partial charge in [-0.15, -0.1) is 0 Å². The van der Waals surface area contributed by atoms with E-state index in [-0.39, 0.29) is 6.03 Å². The van der Waals surface area contributed by atoms with Gasteiger partial charge in [0.15, 0.2) is 0 Å². The van der Waals surface area contributed by atoms with E-state index < -0.39 is 0 Å². The Balaban J connectivity index is 1.86. The third kappa shape index (κ3) is 5.07. The minimum Gasteiger partial charge on any atom is -0.497 e. The predicted molar refractivity (Wildman–Crippen MR) is 115 cm³/mol. The minimum atomic E-state index is -0.183. The molecule has 0 unspecified atom stereocenters. The number of fused-ring (bicyclic) bond motifs is 1. The number of hydrogen-bond donors (Lipinski definition) is 2. The van der Waals surface area contributed by atoms with Crippen molar-refractivity contribution in [1.29, 1.82) is 5.41 Å². The Kier molecular flexibility index (Phi) is 6.39. The average molecular weight is 391 g/mol. The summed E-state index contributed by atoms with van der Waals surface area (Å²) in [5.41, 5.74) is 4.01. The molecule has 7 nitrogen and oxygen atoms in total. The van der Waals surface area contributed by atoms with E-state index >= 15 is 0 Å². The zero-order valence-electron chi connectivity index (χ0n) is 16.9. The summed E-state index contributed by atoms with van der Waals surface area (Å²) in [7, 11) is 1.63. The molecule has 0 spiro atoms. The summed E-state index contributed by atoms with van der Waals surface area (Å²) in [4.78, 5) is 23.3. The number of rotatable bonds is 7. The van der Waals surface area contributed by atoms with Gasteiger partial charge in [-0.3, -0.25) is 10.3 Å². The van der Waals surface area contributed by atoms with E-state index in [1.807, 2.05) is 43.3 Å². The molecule has 1 aliphatic rings. The maximum atomic E-state index is 12.5. The molecule has 7 heteroatoms. The summed E-state index contributed by atoms with van der Waals surface area (Å²) in [5, 5.41) is 10.4. The Labute approximate surface area is 170 Å². The zero-order valence-corrected chi connectivity index (χ0v) is 16.9. The van der Waals surface area contributed by atoms with Gasteiger partial charge in [-0.05, 0) is 49.3 Å². The number of allylic oxidation sites excluding steroid dienone is 2. The number of urea groups is 1. The van der Waals surface area contributed by atoms with E-state index in [2.05, 4.69) is 10.3 Å². The van der Waals surface area contributed by atoms with Crippen molar-refractivity contribution in [3.63, 3.8) is 0 Å². The maximum absolute atomic E-state index is 12.5. The van der Waals surface area contributed by atoms with Crippen LogP contribution in [0.25, 0.3) is 0 Å². The average Bonchev–Trinajstić information content (AvgIpc) is 2.72. The molecule has 1 aliphatic heterocycles. The molecule has 29 heavy (non-hydrogen) atoms. The molecule has 3 rings (SSSR count).